The Bertz CT molecular complexity index is 157. The van der Waals surface area contributed by atoms with Crippen molar-refractivity contribution in [2.75, 3.05) is 6.54 Å². The molecule has 0 aromatic heterocycles. The van der Waals surface area contributed by atoms with Crippen LogP contribution in [-0.2, 0) is 0 Å². The first-order valence-electron chi connectivity index (χ1n) is 6.32. The van der Waals surface area contributed by atoms with Gasteiger partial charge in [-0.05, 0) is 43.6 Å². The van der Waals surface area contributed by atoms with E-state index in [-0.39, 0.29) is 0 Å². The fraction of sp³-hybridized carbons (Fsp3) is 1.00. The van der Waals surface area contributed by atoms with Gasteiger partial charge in [-0.2, -0.15) is 0 Å². The minimum atomic E-state index is 0.603. The lowest BCUT2D eigenvalue weighted by atomic mass is 9.87. The van der Waals surface area contributed by atoms with Crippen molar-refractivity contribution in [3.8, 4) is 0 Å². The molecule has 0 aromatic carbocycles. The van der Waals surface area contributed by atoms with Crippen LogP contribution >= 0.6 is 0 Å². The van der Waals surface area contributed by atoms with Gasteiger partial charge in [0.1, 0.15) is 0 Å². The molecule has 1 saturated carbocycles. The van der Waals surface area contributed by atoms with Crippen LogP contribution in [0.1, 0.15) is 59.8 Å². The fourth-order valence-electron chi connectivity index (χ4n) is 2.91. The third kappa shape index (κ3) is 3.27. The van der Waals surface area contributed by atoms with Gasteiger partial charge in [0.25, 0.3) is 0 Å². The highest BCUT2D eigenvalue weighted by molar-refractivity contribution is 4.88. The van der Waals surface area contributed by atoms with E-state index in [4.69, 9.17) is 0 Å². The van der Waals surface area contributed by atoms with Crippen molar-refractivity contribution in [3.63, 3.8) is 0 Å². The molecule has 0 bridgehead atoms. The van der Waals surface area contributed by atoms with Crippen molar-refractivity contribution < 1.29 is 0 Å². The molecule has 1 rings (SSSR count). The molecular formula is C13H27N. The quantitative estimate of drug-likeness (QED) is 0.710. The molecule has 0 amide bonds. The minimum absolute atomic E-state index is 0.603. The third-order valence-electron chi connectivity index (χ3n) is 3.64. The summed E-state index contributed by atoms with van der Waals surface area (Å²) in [6, 6.07) is 0.784. The van der Waals surface area contributed by atoms with Crippen LogP contribution in [0.3, 0.4) is 0 Å². The SMILES string of the molecule is CCCC(NCC)C1CCC(C)(C)C1. The lowest BCUT2D eigenvalue weighted by molar-refractivity contribution is 0.301. The first-order valence-corrected chi connectivity index (χ1v) is 6.32. The van der Waals surface area contributed by atoms with E-state index in [1.807, 2.05) is 0 Å². The van der Waals surface area contributed by atoms with Crippen LogP contribution in [0.5, 0.6) is 0 Å². The second-order valence-electron chi connectivity index (χ2n) is 5.62. The van der Waals surface area contributed by atoms with Gasteiger partial charge in [-0.1, -0.05) is 34.1 Å². The smallest absolute Gasteiger partial charge is 0.00953 e. The van der Waals surface area contributed by atoms with Crippen molar-refractivity contribution in [1.82, 2.24) is 5.32 Å². The van der Waals surface area contributed by atoms with Crippen LogP contribution in [0.4, 0.5) is 0 Å². The van der Waals surface area contributed by atoms with Crippen LogP contribution < -0.4 is 5.32 Å². The second-order valence-corrected chi connectivity index (χ2v) is 5.62. The minimum Gasteiger partial charge on any atom is -0.314 e. The normalized spacial score (nSPS) is 27.9. The third-order valence-corrected chi connectivity index (χ3v) is 3.64. The zero-order valence-electron chi connectivity index (χ0n) is 10.4. The molecule has 0 saturated heterocycles. The van der Waals surface area contributed by atoms with Crippen molar-refractivity contribution in [2.45, 2.75) is 65.8 Å². The van der Waals surface area contributed by atoms with E-state index in [2.05, 4.69) is 33.0 Å². The summed E-state index contributed by atoms with van der Waals surface area (Å²) in [7, 11) is 0. The second kappa shape index (κ2) is 5.16. The Balaban J connectivity index is 2.44. The molecule has 1 N–H and O–H groups in total. The maximum absolute atomic E-state index is 3.66. The van der Waals surface area contributed by atoms with E-state index >= 15 is 0 Å². The predicted molar refractivity (Wildman–Crippen MR) is 63.5 cm³/mol. The molecule has 14 heavy (non-hydrogen) atoms. The van der Waals surface area contributed by atoms with Crippen LogP contribution in [0.2, 0.25) is 0 Å². The van der Waals surface area contributed by atoms with Crippen LogP contribution in [0.25, 0.3) is 0 Å². The number of hydrogen-bond acceptors (Lipinski definition) is 1. The summed E-state index contributed by atoms with van der Waals surface area (Å²) in [5.74, 6) is 0.935. The molecule has 0 aliphatic heterocycles. The van der Waals surface area contributed by atoms with Crippen LogP contribution in [-0.4, -0.2) is 12.6 Å². The lowest BCUT2D eigenvalue weighted by Gasteiger charge is -2.25. The Morgan fingerprint density at radius 2 is 2.07 bits per heavy atom. The number of hydrogen-bond donors (Lipinski definition) is 1. The molecule has 1 aliphatic carbocycles. The van der Waals surface area contributed by atoms with Crippen molar-refractivity contribution in [2.24, 2.45) is 11.3 Å². The molecule has 0 aromatic rings. The van der Waals surface area contributed by atoms with E-state index in [0.717, 1.165) is 18.5 Å². The van der Waals surface area contributed by atoms with Gasteiger partial charge in [0, 0.05) is 6.04 Å². The average molecular weight is 197 g/mol. The standard InChI is InChI=1S/C13H27N/c1-5-7-12(14-6-2)11-8-9-13(3,4)10-11/h11-12,14H,5-10H2,1-4H3. The van der Waals surface area contributed by atoms with E-state index < -0.39 is 0 Å². The summed E-state index contributed by atoms with van der Waals surface area (Å²) in [6.45, 7) is 10.5. The van der Waals surface area contributed by atoms with Crippen molar-refractivity contribution in [3.05, 3.63) is 0 Å². The van der Waals surface area contributed by atoms with E-state index in [9.17, 15) is 0 Å². The number of rotatable bonds is 5. The molecule has 1 aliphatic rings. The average Bonchev–Trinajstić information content (AvgIpc) is 2.46. The summed E-state index contributed by atoms with van der Waals surface area (Å²) in [5.41, 5.74) is 0.603. The highest BCUT2D eigenvalue weighted by atomic mass is 14.9. The molecule has 0 spiro atoms. The summed E-state index contributed by atoms with van der Waals surface area (Å²) >= 11 is 0. The van der Waals surface area contributed by atoms with Gasteiger partial charge in [0.05, 0.1) is 0 Å². The largest absolute Gasteiger partial charge is 0.314 e. The molecule has 2 atom stereocenters. The molecule has 1 heteroatoms. The van der Waals surface area contributed by atoms with Crippen LogP contribution in [0, 0.1) is 11.3 Å². The predicted octanol–water partition coefficient (Wildman–Crippen LogP) is 3.59. The molecule has 0 heterocycles. The Kier molecular flexibility index (Phi) is 4.43. The van der Waals surface area contributed by atoms with Gasteiger partial charge < -0.3 is 5.32 Å². The van der Waals surface area contributed by atoms with E-state index in [1.54, 1.807) is 0 Å². The van der Waals surface area contributed by atoms with Gasteiger partial charge in [0.2, 0.25) is 0 Å². The first-order chi connectivity index (χ1) is 6.59. The summed E-state index contributed by atoms with van der Waals surface area (Å²) in [4.78, 5) is 0. The number of nitrogens with one attached hydrogen (secondary N) is 1. The zero-order chi connectivity index (χ0) is 10.6. The Labute approximate surface area is 89.7 Å². The van der Waals surface area contributed by atoms with Gasteiger partial charge in [0.15, 0.2) is 0 Å². The van der Waals surface area contributed by atoms with Gasteiger partial charge in [-0.25, -0.2) is 0 Å². The fourth-order valence-corrected chi connectivity index (χ4v) is 2.91. The van der Waals surface area contributed by atoms with Crippen LogP contribution in [0.15, 0.2) is 0 Å². The maximum Gasteiger partial charge on any atom is 0.00953 e. The zero-order valence-corrected chi connectivity index (χ0v) is 10.4. The highest BCUT2D eigenvalue weighted by Crippen LogP contribution is 2.42. The van der Waals surface area contributed by atoms with Gasteiger partial charge >= 0.3 is 0 Å². The summed E-state index contributed by atoms with van der Waals surface area (Å²) < 4.78 is 0. The van der Waals surface area contributed by atoms with Crippen molar-refractivity contribution >= 4 is 0 Å². The van der Waals surface area contributed by atoms with Gasteiger partial charge in [-0.15, -0.1) is 0 Å². The first kappa shape index (κ1) is 12.0. The topological polar surface area (TPSA) is 12.0 Å². The Hall–Kier alpha value is -0.0400. The Morgan fingerprint density at radius 3 is 2.50 bits per heavy atom. The molecule has 2 unspecified atom stereocenters. The summed E-state index contributed by atoms with van der Waals surface area (Å²) in [5, 5.41) is 3.66. The molecule has 1 fully saturated rings. The van der Waals surface area contributed by atoms with Crippen molar-refractivity contribution in [1.29, 1.82) is 0 Å². The van der Waals surface area contributed by atoms with Gasteiger partial charge in [-0.3, -0.25) is 0 Å². The molecule has 0 radical (unpaired) electrons. The summed E-state index contributed by atoms with van der Waals surface area (Å²) in [6.07, 6.45) is 6.95. The molecular weight excluding hydrogens is 170 g/mol. The maximum atomic E-state index is 3.66. The molecule has 1 nitrogen and oxygen atoms in total. The lowest BCUT2D eigenvalue weighted by Crippen LogP contribution is -2.35. The highest BCUT2D eigenvalue weighted by Gasteiger charge is 2.34. The monoisotopic (exact) mass is 197 g/mol. The van der Waals surface area contributed by atoms with E-state index in [0.29, 0.717) is 5.41 Å². The Morgan fingerprint density at radius 1 is 1.36 bits per heavy atom. The van der Waals surface area contributed by atoms with E-state index in [1.165, 1.54) is 32.1 Å². The molecule has 84 valence electrons.